The Labute approximate surface area is 96.0 Å². The second-order valence-corrected chi connectivity index (χ2v) is 4.50. The summed E-state index contributed by atoms with van der Waals surface area (Å²) in [6.45, 7) is 3.14. The molecule has 0 radical (unpaired) electrons. The van der Waals surface area contributed by atoms with Crippen LogP contribution in [0.1, 0.15) is 12.5 Å². The molecule has 1 unspecified atom stereocenters. The van der Waals surface area contributed by atoms with Gasteiger partial charge < -0.3 is 4.90 Å². The SMILES string of the molecule is CC(Cc1cccc([N+](=O)[O-])c1)CN(C)C. The molecule has 0 N–H and O–H groups in total. The van der Waals surface area contributed by atoms with E-state index in [2.05, 4.69) is 11.8 Å². The molecule has 0 fully saturated rings. The van der Waals surface area contributed by atoms with E-state index >= 15 is 0 Å². The number of rotatable bonds is 5. The summed E-state index contributed by atoms with van der Waals surface area (Å²) in [7, 11) is 4.06. The first-order chi connectivity index (χ1) is 7.49. The predicted molar refractivity (Wildman–Crippen MR) is 64.5 cm³/mol. The minimum absolute atomic E-state index is 0.176. The van der Waals surface area contributed by atoms with Crippen molar-refractivity contribution in [3.05, 3.63) is 39.9 Å². The average Bonchev–Trinajstić information content (AvgIpc) is 2.16. The third-order valence-electron chi connectivity index (χ3n) is 2.38. The number of benzene rings is 1. The molecule has 0 spiro atoms. The van der Waals surface area contributed by atoms with Crippen LogP contribution < -0.4 is 0 Å². The molecule has 0 aliphatic heterocycles. The van der Waals surface area contributed by atoms with Crippen LogP contribution in [-0.4, -0.2) is 30.5 Å². The molecule has 0 amide bonds. The largest absolute Gasteiger partial charge is 0.309 e. The summed E-state index contributed by atoms with van der Waals surface area (Å²) in [5.74, 6) is 0.497. The molecule has 1 aromatic carbocycles. The highest BCUT2D eigenvalue weighted by molar-refractivity contribution is 5.34. The third-order valence-corrected chi connectivity index (χ3v) is 2.38. The van der Waals surface area contributed by atoms with Crippen molar-refractivity contribution in [3.8, 4) is 0 Å². The maximum atomic E-state index is 10.6. The number of nitro groups is 1. The molecule has 88 valence electrons. The number of nitrogens with zero attached hydrogens (tertiary/aromatic N) is 2. The van der Waals surface area contributed by atoms with E-state index < -0.39 is 0 Å². The fourth-order valence-corrected chi connectivity index (χ4v) is 1.89. The Morgan fingerprint density at radius 1 is 1.44 bits per heavy atom. The Morgan fingerprint density at radius 2 is 2.12 bits per heavy atom. The molecule has 0 aliphatic carbocycles. The normalized spacial score (nSPS) is 12.8. The molecular formula is C12H18N2O2. The molecule has 0 aromatic heterocycles. The van der Waals surface area contributed by atoms with Crippen molar-refractivity contribution in [2.45, 2.75) is 13.3 Å². The molecule has 1 rings (SSSR count). The predicted octanol–water partition coefficient (Wildman–Crippen LogP) is 2.33. The van der Waals surface area contributed by atoms with Gasteiger partial charge in [0.05, 0.1) is 4.92 Å². The second kappa shape index (κ2) is 5.61. The minimum Gasteiger partial charge on any atom is -0.309 e. The maximum absolute atomic E-state index is 10.6. The zero-order valence-electron chi connectivity index (χ0n) is 10.0. The summed E-state index contributed by atoms with van der Waals surface area (Å²) in [5, 5.41) is 10.6. The van der Waals surface area contributed by atoms with E-state index in [1.165, 1.54) is 6.07 Å². The van der Waals surface area contributed by atoms with E-state index in [1.54, 1.807) is 12.1 Å². The van der Waals surface area contributed by atoms with Crippen LogP contribution in [0.4, 0.5) is 5.69 Å². The van der Waals surface area contributed by atoms with Gasteiger partial charge in [0.15, 0.2) is 0 Å². The topological polar surface area (TPSA) is 46.4 Å². The van der Waals surface area contributed by atoms with E-state index in [4.69, 9.17) is 0 Å². The smallest absolute Gasteiger partial charge is 0.269 e. The summed E-state index contributed by atoms with van der Waals surface area (Å²) in [6.07, 6.45) is 0.875. The summed E-state index contributed by atoms with van der Waals surface area (Å²) in [5.41, 5.74) is 1.21. The summed E-state index contributed by atoms with van der Waals surface area (Å²) >= 11 is 0. The Balaban J connectivity index is 2.66. The Hall–Kier alpha value is -1.42. The Morgan fingerprint density at radius 3 is 2.69 bits per heavy atom. The maximum Gasteiger partial charge on any atom is 0.269 e. The van der Waals surface area contributed by atoms with Crippen LogP contribution in [0.15, 0.2) is 24.3 Å². The number of nitro benzene ring substituents is 1. The lowest BCUT2D eigenvalue weighted by molar-refractivity contribution is -0.384. The molecule has 0 bridgehead atoms. The molecule has 0 saturated carbocycles. The van der Waals surface area contributed by atoms with Gasteiger partial charge in [0.1, 0.15) is 0 Å². The van der Waals surface area contributed by atoms with Gasteiger partial charge in [0.2, 0.25) is 0 Å². The Bertz CT molecular complexity index is 364. The van der Waals surface area contributed by atoms with Crippen LogP contribution in [0, 0.1) is 16.0 Å². The fraction of sp³-hybridized carbons (Fsp3) is 0.500. The third kappa shape index (κ3) is 3.98. The van der Waals surface area contributed by atoms with Gasteiger partial charge in [-0.2, -0.15) is 0 Å². The van der Waals surface area contributed by atoms with Crippen LogP contribution in [0.2, 0.25) is 0 Å². The van der Waals surface area contributed by atoms with Gasteiger partial charge in [0, 0.05) is 18.7 Å². The summed E-state index contributed by atoms with van der Waals surface area (Å²) < 4.78 is 0. The molecular weight excluding hydrogens is 204 g/mol. The first-order valence-electron chi connectivity index (χ1n) is 5.37. The average molecular weight is 222 g/mol. The Kier molecular flexibility index (Phi) is 4.43. The van der Waals surface area contributed by atoms with Crippen LogP contribution >= 0.6 is 0 Å². The molecule has 1 atom stereocenters. The zero-order chi connectivity index (χ0) is 12.1. The van der Waals surface area contributed by atoms with Crippen LogP contribution in [0.5, 0.6) is 0 Å². The molecule has 0 aliphatic rings. The van der Waals surface area contributed by atoms with Crippen molar-refractivity contribution in [2.75, 3.05) is 20.6 Å². The van der Waals surface area contributed by atoms with Crippen molar-refractivity contribution in [1.29, 1.82) is 0 Å². The van der Waals surface area contributed by atoms with E-state index in [9.17, 15) is 10.1 Å². The highest BCUT2D eigenvalue weighted by atomic mass is 16.6. The van der Waals surface area contributed by atoms with Gasteiger partial charge in [-0.25, -0.2) is 0 Å². The molecule has 4 nitrogen and oxygen atoms in total. The molecule has 0 heterocycles. The summed E-state index contributed by atoms with van der Waals surface area (Å²) in [6, 6.07) is 6.88. The highest BCUT2D eigenvalue weighted by Crippen LogP contribution is 2.16. The van der Waals surface area contributed by atoms with Gasteiger partial charge in [-0.05, 0) is 32.0 Å². The van der Waals surface area contributed by atoms with E-state index in [1.807, 2.05) is 20.2 Å². The van der Waals surface area contributed by atoms with Crippen LogP contribution in [-0.2, 0) is 6.42 Å². The van der Waals surface area contributed by atoms with Crippen molar-refractivity contribution in [2.24, 2.45) is 5.92 Å². The van der Waals surface area contributed by atoms with E-state index in [0.717, 1.165) is 18.5 Å². The van der Waals surface area contributed by atoms with Gasteiger partial charge in [0.25, 0.3) is 5.69 Å². The molecule has 4 heteroatoms. The van der Waals surface area contributed by atoms with E-state index in [-0.39, 0.29) is 10.6 Å². The lowest BCUT2D eigenvalue weighted by Crippen LogP contribution is -2.21. The highest BCUT2D eigenvalue weighted by Gasteiger charge is 2.09. The fourth-order valence-electron chi connectivity index (χ4n) is 1.89. The van der Waals surface area contributed by atoms with Gasteiger partial charge >= 0.3 is 0 Å². The van der Waals surface area contributed by atoms with Crippen molar-refractivity contribution < 1.29 is 4.92 Å². The monoisotopic (exact) mass is 222 g/mol. The summed E-state index contributed by atoms with van der Waals surface area (Å²) in [4.78, 5) is 12.4. The van der Waals surface area contributed by atoms with Gasteiger partial charge in [-0.15, -0.1) is 0 Å². The number of hydrogen-bond acceptors (Lipinski definition) is 3. The molecule has 0 saturated heterocycles. The first-order valence-corrected chi connectivity index (χ1v) is 5.37. The molecule has 1 aromatic rings. The first kappa shape index (κ1) is 12.6. The van der Waals surface area contributed by atoms with Crippen LogP contribution in [0.25, 0.3) is 0 Å². The van der Waals surface area contributed by atoms with Crippen molar-refractivity contribution in [3.63, 3.8) is 0 Å². The van der Waals surface area contributed by atoms with Gasteiger partial charge in [-0.3, -0.25) is 10.1 Å². The number of hydrogen-bond donors (Lipinski definition) is 0. The molecule has 16 heavy (non-hydrogen) atoms. The zero-order valence-corrected chi connectivity index (χ0v) is 10.0. The standard InChI is InChI=1S/C12H18N2O2/c1-10(9-13(2)3)7-11-5-4-6-12(8-11)14(15)16/h4-6,8,10H,7,9H2,1-3H3. The number of non-ortho nitro benzene ring substituents is 1. The second-order valence-electron chi connectivity index (χ2n) is 4.50. The lowest BCUT2D eigenvalue weighted by Gasteiger charge is -2.16. The van der Waals surface area contributed by atoms with Crippen molar-refractivity contribution in [1.82, 2.24) is 4.90 Å². The van der Waals surface area contributed by atoms with E-state index in [0.29, 0.717) is 5.92 Å². The lowest BCUT2D eigenvalue weighted by atomic mass is 10.0. The van der Waals surface area contributed by atoms with Gasteiger partial charge in [-0.1, -0.05) is 19.1 Å². The van der Waals surface area contributed by atoms with Crippen molar-refractivity contribution >= 4 is 5.69 Å². The van der Waals surface area contributed by atoms with Crippen LogP contribution in [0.3, 0.4) is 0 Å². The minimum atomic E-state index is -0.347. The quantitative estimate of drug-likeness (QED) is 0.567.